The van der Waals surface area contributed by atoms with Gasteiger partial charge in [-0.25, -0.2) is 9.79 Å². The van der Waals surface area contributed by atoms with E-state index in [1.807, 2.05) is 23.3 Å². The molecular weight excluding hydrogens is 168 g/mol. The van der Waals surface area contributed by atoms with Gasteiger partial charge in [-0.15, -0.1) is 0 Å². The smallest absolute Gasteiger partial charge is 0.354 e. The van der Waals surface area contributed by atoms with Gasteiger partial charge in [0.25, 0.3) is 0 Å². The Morgan fingerprint density at radius 2 is 2.38 bits per heavy atom. The molecule has 0 bridgehead atoms. The van der Waals surface area contributed by atoms with Crippen molar-refractivity contribution in [2.45, 2.75) is 0 Å². The monoisotopic (exact) mass is 176 g/mol. The summed E-state index contributed by atoms with van der Waals surface area (Å²) in [7, 11) is 0. The van der Waals surface area contributed by atoms with Crippen LogP contribution in [0.3, 0.4) is 0 Å². The van der Waals surface area contributed by atoms with Gasteiger partial charge in [-0.2, -0.15) is 0 Å². The van der Waals surface area contributed by atoms with E-state index in [9.17, 15) is 4.79 Å². The van der Waals surface area contributed by atoms with E-state index in [1.165, 1.54) is 0 Å². The summed E-state index contributed by atoms with van der Waals surface area (Å²) in [5.41, 5.74) is 0.117. The number of carboxylic acids is 1. The molecule has 1 N–H and O–H groups in total. The maximum atomic E-state index is 10.6. The zero-order chi connectivity index (χ0) is 9.26. The van der Waals surface area contributed by atoms with Gasteiger partial charge in [0.05, 0.1) is 0 Å². The minimum atomic E-state index is -0.977. The van der Waals surface area contributed by atoms with Crippen LogP contribution in [0.25, 0.3) is 0 Å². The highest BCUT2D eigenvalue weighted by Crippen LogP contribution is 2.12. The van der Waals surface area contributed by atoms with Gasteiger partial charge in [0, 0.05) is 12.7 Å². The Balaban J connectivity index is 2.30. The summed E-state index contributed by atoms with van der Waals surface area (Å²) in [4.78, 5) is 16.4. The standard InChI is InChI=1S/C9H8N2O2/c12-9(13)7-4-6-11-5-2-1-3-8(11)10-7/h1-5H,6H2,(H,12,13). The number of aliphatic carboxylic acids is 1. The SMILES string of the molecule is O=C(O)C1=CCN2C=CC=CC2=N1. The largest absolute Gasteiger partial charge is 0.477 e. The molecule has 2 aliphatic rings. The molecule has 0 amide bonds. The number of allylic oxidation sites excluding steroid dienone is 2. The van der Waals surface area contributed by atoms with Crippen LogP contribution in [-0.2, 0) is 4.79 Å². The van der Waals surface area contributed by atoms with Crippen molar-refractivity contribution in [3.05, 3.63) is 36.2 Å². The highest BCUT2D eigenvalue weighted by Gasteiger charge is 2.16. The van der Waals surface area contributed by atoms with Crippen LogP contribution < -0.4 is 0 Å². The number of fused-ring (bicyclic) bond motifs is 1. The van der Waals surface area contributed by atoms with E-state index in [0.717, 1.165) is 0 Å². The Hall–Kier alpha value is -1.84. The first kappa shape index (κ1) is 7.79. The number of hydrogen-bond donors (Lipinski definition) is 1. The zero-order valence-corrected chi connectivity index (χ0v) is 6.84. The number of carbonyl (C=O) groups is 1. The zero-order valence-electron chi connectivity index (χ0n) is 6.84. The molecule has 4 nitrogen and oxygen atoms in total. The minimum Gasteiger partial charge on any atom is -0.477 e. The normalized spacial score (nSPS) is 19.2. The van der Waals surface area contributed by atoms with E-state index < -0.39 is 5.97 Å². The highest BCUT2D eigenvalue weighted by atomic mass is 16.4. The molecule has 4 heteroatoms. The van der Waals surface area contributed by atoms with Crippen molar-refractivity contribution in [1.29, 1.82) is 0 Å². The summed E-state index contributed by atoms with van der Waals surface area (Å²) in [6, 6.07) is 0. The molecule has 0 aliphatic carbocycles. The molecule has 2 rings (SSSR count). The van der Waals surface area contributed by atoms with Crippen LogP contribution in [0.2, 0.25) is 0 Å². The summed E-state index contributed by atoms with van der Waals surface area (Å²) in [6.45, 7) is 0.571. The van der Waals surface area contributed by atoms with Crippen molar-refractivity contribution in [3.8, 4) is 0 Å². The first-order valence-corrected chi connectivity index (χ1v) is 3.91. The molecule has 2 heterocycles. The number of nitrogens with zero attached hydrogens (tertiary/aromatic N) is 2. The Morgan fingerprint density at radius 3 is 3.15 bits per heavy atom. The van der Waals surface area contributed by atoms with Gasteiger partial charge in [0.2, 0.25) is 0 Å². The Bertz CT molecular complexity index is 364. The van der Waals surface area contributed by atoms with Crippen LogP contribution in [0.4, 0.5) is 0 Å². The summed E-state index contributed by atoms with van der Waals surface area (Å²) < 4.78 is 0. The summed E-state index contributed by atoms with van der Waals surface area (Å²) in [5.74, 6) is -0.294. The Labute approximate surface area is 75.2 Å². The third kappa shape index (κ3) is 1.38. The molecule has 0 aromatic carbocycles. The van der Waals surface area contributed by atoms with E-state index in [4.69, 9.17) is 5.11 Å². The fourth-order valence-corrected chi connectivity index (χ4v) is 1.21. The first-order chi connectivity index (χ1) is 6.27. The van der Waals surface area contributed by atoms with E-state index in [2.05, 4.69) is 4.99 Å². The van der Waals surface area contributed by atoms with Gasteiger partial charge < -0.3 is 10.0 Å². The van der Waals surface area contributed by atoms with E-state index in [0.29, 0.717) is 12.4 Å². The fourth-order valence-electron chi connectivity index (χ4n) is 1.21. The average molecular weight is 176 g/mol. The van der Waals surface area contributed by atoms with Crippen LogP contribution in [0.5, 0.6) is 0 Å². The molecule has 2 aliphatic heterocycles. The lowest BCUT2D eigenvalue weighted by Gasteiger charge is -2.23. The second-order valence-electron chi connectivity index (χ2n) is 2.72. The first-order valence-electron chi connectivity index (χ1n) is 3.91. The van der Waals surface area contributed by atoms with Gasteiger partial charge in [-0.1, -0.05) is 6.08 Å². The van der Waals surface area contributed by atoms with E-state index >= 15 is 0 Å². The maximum Gasteiger partial charge on any atom is 0.354 e. The van der Waals surface area contributed by atoms with Crippen molar-refractivity contribution < 1.29 is 9.90 Å². The molecule has 0 saturated carbocycles. The number of aliphatic imine (C=N–C) groups is 1. The summed E-state index contributed by atoms with van der Waals surface area (Å²) in [5, 5.41) is 8.69. The molecule has 0 saturated heterocycles. The Kier molecular flexibility index (Phi) is 1.73. The molecule has 66 valence electrons. The van der Waals surface area contributed by atoms with Gasteiger partial charge in [0.15, 0.2) is 0 Å². The lowest BCUT2D eigenvalue weighted by Crippen LogP contribution is -2.29. The molecule has 0 radical (unpaired) electrons. The van der Waals surface area contributed by atoms with Gasteiger partial charge in [-0.05, 0) is 18.2 Å². The van der Waals surface area contributed by atoms with Gasteiger partial charge in [-0.3, -0.25) is 0 Å². The second-order valence-corrected chi connectivity index (χ2v) is 2.72. The van der Waals surface area contributed by atoms with Crippen molar-refractivity contribution >= 4 is 11.8 Å². The van der Waals surface area contributed by atoms with E-state index in [1.54, 1.807) is 12.2 Å². The van der Waals surface area contributed by atoms with Crippen LogP contribution in [-0.4, -0.2) is 28.4 Å². The van der Waals surface area contributed by atoms with Crippen LogP contribution >= 0.6 is 0 Å². The molecule has 0 aromatic heterocycles. The predicted molar refractivity (Wildman–Crippen MR) is 48.1 cm³/mol. The predicted octanol–water partition coefficient (Wildman–Crippen LogP) is 0.753. The third-order valence-electron chi connectivity index (χ3n) is 1.85. The average Bonchev–Trinajstić information content (AvgIpc) is 2.17. The summed E-state index contributed by atoms with van der Waals surface area (Å²) in [6.07, 6.45) is 8.97. The third-order valence-corrected chi connectivity index (χ3v) is 1.85. The van der Waals surface area contributed by atoms with Crippen LogP contribution in [0.1, 0.15) is 0 Å². The molecule has 0 unspecified atom stereocenters. The minimum absolute atomic E-state index is 0.117. The van der Waals surface area contributed by atoms with Crippen molar-refractivity contribution in [3.63, 3.8) is 0 Å². The Morgan fingerprint density at radius 1 is 1.54 bits per heavy atom. The van der Waals surface area contributed by atoms with Crippen LogP contribution in [0.15, 0.2) is 41.2 Å². The molecule has 0 fully saturated rings. The van der Waals surface area contributed by atoms with Gasteiger partial charge in [0.1, 0.15) is 11.5 Å². The fraction of sp³-hybridized carbons (Fsp3) is 0.111. The number of rotatable bonds is 1. The quantitative estimate of drug-likeness (QED) is 0.641. The second kappa shape index (κ2) is 2.90. The lowest BCUT2D eigenvalue weighted by molar-refractivity contribution is -0.132. The molecule has 0 aromatic rings. The highest BCUT2D eigenvalue weighted by molar-refractivity contribution is 6.00. The molecule has 0 spiro atoms. The molecular formula is C9H8N2O2. The van der Waals surface area contributed by atoms with Gasteiger partial charge >= 0.3 is 5.97 Å². The summed E-state index contributed by atoms with van der Waals surface area (Å²) >= 11 is 0. The van der Waals surface area contributed by atoms with Crippen molar-refractivity contribution in [2.75, 3.05) is 6.54 Å². The van der Waals surface area contributed by atoms with Crippen molar-refractivity contribution in [2.24, 2.45) is 4.99 Å². The lowest BCUT2D eigenvalue weighted by atomic mass is 10.2. The van der Waals surface area contributed by atoms with Crippen LogP contribution in [0, 0.1) is 0 Å². The van der Waals surface area contributed by atoms with Crippen molar-refractivity contribution in [1.82, 2.24) is 4.90 Å². The topological polar surface area (TPSA) is 52.9 Å². The molecule has 13 heavy (non-hydrogen) atoms. The number of hydrogen-bond acceptors (Lipinski definition) is 3. The number of carboxylic acid groups (broad SMARTS) is 1. The maximum absolute atomic E-state index is 10.6. The van der Waals surface area contributed by atoms with E-state index in [-0.39, 0.29) is 5.70 Å². The molecule has 0 atom stereocenters. The number of amidine groups is 1.